The second kappa shape index (κ2) is 9.32. The minimum atomic E-state index is -0.501. The molecule has 7 nitrogen and oxygen atoms in total. The Morgan fingerprint density at radius 2 is 1.82 bits per heavy atom. The summed E-state index contributed by atoms with van der Waals surface area (Å²) in [6, 6.07) is 12.3. The maximum Gasteiger partial charge on any atom is 0.282 e. The molecule has 0 heterocycles. The van der Waals surface area contributed by atoms with Gasteiger partial charge in [0.05, 0.1) is 30.8 Å². The summed E-state index contributed by atoms with van der Waals surface area (Å²) in [4.78, 5) is 24.1. The molecule has 150 valence electrons. The van der Waals surface area contributed by atoms with Gasteiger partial charge in [-0.1, -0.05) is 38.1 Å². The Morgan fingerprint density at radius 1 is 1.18 bits per heavy atom. The average molecular weight is 386 g/mol. The number of ether oxygens (including phenoxy) is 1. The fourth-order valence-corrected chi connectivity index (χ4v) is 2.86. The molecule has 2 atom stereocenters. The highest BCUT2D eigenvalue weighted by Crippen LogP contribution is 2.29. The van der Waals surface area contributed by atoms with Crippen LogP contribution in [0.5, 0.6) is 5.75 Å². The van der Waals surface area contributed by atoms with Crippen LogP contribution in [-0.4, -0.2) is 31.0 Å². The molecule has 0 fully saturated rings. The number of benzene rings is 2. The maximum atomic E-state index is 12.7. The molecule has 0 saturated heterocycles. The van der Waals surface area contributed by atoms with Gasteiger partial charge in [-0.2, -0.15) is 0 Å². The van der Waals surface area contributed by atoms with Gasteiger partial charge >= 0.3 is 0 Å². The number of amides is 1. The zero-order valence-electron chi connectivity index (χ0n) is 17.0. The number of quaternary nitrogens is 1. The minimum Gasteiger partial charge on any atom is -0.494 e. The number of anilines is 1. The Balaban J connectivity index is 2.04. The maximum absolute atomic E-state index is 12.7. The number of likely N-dealkylation sites (N-methyl/N-ethyl adjacent to an activating group) is 1. The summed E-state index contributed by atoms with van der Waals surface area (Å²) < 4.78 is 5.18. The quantitative estimate of drug-likeness (QED) is 0.540. The smallest absolute Gasteiger partial charge is 0.282 e. The van der Waals surface area contributed by atoms with Crippen LogP contribution in [0.15, 0.2) is 42.5 Å². The molecule has 0 saturated carbocycles. The summed E-state index contributed by atoms with van der Waals surface area (Å²) in [5.74, 6) is 0.570. The van der Waals surface area contributed by atoms with E-state index in [-0.39, 0.29) is 23.4 Å². The number of nitrogens with zero attached hydrogens (tertiary/aromatic N) is 1. The van der Waals surface area contributed by atoms with E-state index in [1.54, 1.807) is 0 Å². The largest absolute Gasteiger partial charge is 0.494 e. The van der Waals surface area contributed by atoms with Crippen molar-refractivity contribution < 1.29 is 19.4 Å². The first-order chi connectivity index (χ1) is 13.2. The third-order valence-corrected chi connectivity index (χ3v) is 4.92. The van der Waals surface area contributed by atoms with Crippen molar-refractivity contribution in [2.24, 2.45) is 0 Å². The Hall–Kier alpha value is -2.93. The molecule has 0 spiro atoms. The van der Waals surface area contributed by atoms with Crippen LogP contribution >= 0.6 is 0 Å². The van der Waals surface area contributed by atoms with Gasteiger partial charge in [-0.25, -0.2) is 0 Å². The molecule has 2 aromatic carbocycles. The molecule has 0 radical (unpaired) electrons. The fraction of sp³-hybridized carbons (Fsp3) is 0.381. The highest BCUT2D eigenvalue weighted by atomic mass is 16.6. The summed E-state index contributed by atoms with van der Waals surface area (Å²) >= 11 is 0. The number of methoxy groups -OCH3 is 1. The highest BCUT2D eigenvalue weighted by molar-refractivity contribution is 5.95. The van der Waals surface area contributed by atoms with Crippen molar-refractivity contribution in [1.82, 2.24) is 0 Å². The van der Waals surface area contributed by atoms with Gasteiger partial charge in [0.25, 0.3) is 11.6 Å². The number of nitrogens with one attached hydrogen (secondary N) is 2. The highest BCUT2D eigenvalue weighted by Gasteiger charge is 2.23. The van der Waals surface area contributed by atoms with Crippen LogP contribution in [0.3, 0.4) is 0 Å². The van der Waals surface area contributed by atoms with Crippen molar-refractivity contribution in [1.29, 1.82) is 0 Å². The molecule has 28 heavy (non-hydrogen) atoms. The van der Waals surface area contributed by atoms with Crippen LogP contribution in [0.1, 0.15) is 37.8 Å². The molecule has 2 N–H and O–H groups in total. The molecule has 7 heteroatoms. The number of non-ortho nitro benzene ring substituents is 1. The predicted octanol–water partition coefficient (Wildman–Crippen LogP) is 2.77. The van der Waals surface area contributed by atoms with Gasteiger partial charge in [-0.3, -0.25) is 14.9 Å². The lowest BCUT2D eigenvalue weighted by molar-refractivity contribution is -0.907. The fourth-order valence-electron chi connectivity index (χ4n) is 2.86. The molecule has 1 amide bonds. The van der Waals surface area contributed by atoms with Crippen LogP contribution in [0.25, 0.3) is 0 Å². The van der Waals surface area contributed by atoms with Crippen LogP contribution in [-0.2, 0) is 11.3 Å². The zero-order valence-corrected chi connectivity index (χ0v) is 17.0. The molecule has 0 aromatic heterocycles. The molecule has 1 unspecified atom stereocenters. The van der Waals surface area contributed by atoms with Gasteiger partial charge in [0.1, 0.15) is 12.3 Å². The molecule has 0 bridgehead atoms. The Kier molecular flexibility index (Phi) is 7.12. The second-order valence-corrected chi connectivity index (χ2v) is 7.27. The number of carbonyl (C=O) groups excluding carboxylic acids is 1. The van der Waals surface area contributed by atoms with Crippen LogP contribution in [0, 0.1) is 10.1 Å². The second-order valence-electron chi connectivity index (χ2n) is 7.27. The molecule has 0 aliphatic rings. The number of nitro benzene ring substituents is 1. The lowest BCUT2D eigenvalue weighted by Gasteiger charge is -2.22. The summed E-state index contributed by atoms with van der Waals surface area (Å²) in [5.41, 5.74) is 2.78. The van der Waals surface area contributed by atoms with E-state index in [0.29, 0.717) is 18.2 Å². The van der Waals surface area contributed by atoms with Gasteiger partial charge in [-0.05, 0) is 24.5 Å². The first kappa shape index (κ1) is 21.4. The van der Waals surface area contributed by atoms with E-state index in [4.69, 9.17) is 4.74 Å². The molecular weight excluding hydrogens is 358 g/mol. The first-order valence-corrected chi connectivity index (χ1v) is 9.27. The lowest BCUT2D eigenvalue weighted by Crippen LogP contribution is -3.12. The van der Waals surface area contributed by atoms with E-state index >= 15 is 0 Å². The monoisotopic (exact) mass is 386 g/mol. The lowest BCUT2D eigenvalue weighted by atomic mass is 10.0. The molecule has 2 aromatic rings. The van der Waals surface area contributed by atoms with Crippen molar-refractivity contribution in [3.63, 3.8) is 0 Å². The summed E-state index contributed by atoms with van der Waals surface area (Å²) in [6.45, 7) is 6.88. The third kappa shape index (κ3) is 5.29. The average Bonchev–Trinajstić information content (AvgIpc) is 2.67. The molecule has 0 aliphatic carbocycles. The van der Waals surface area contributed by atoms with E-state index in [1.165, 1.54) is 30.9 Å². The number of rotatable bonds is 8. The van der Waals surface area contributed by atoms with Crippen molar-refractivity contribution in [2.75, 3.05) is 19.5 Å². The molecule has 2 rings (SSSR count). The first-order valence-electron chi connectivity index (χ1n) is 9.27. The number of hydrogen-bond acceptors (Lipinski definition) is 4. The summed E-state index contributed by atoms with van der Waals surface area (Å²) in [6.07, 6.45) is 0. The van der Waals surface area contributed by atoms with Gasteiger partial charge in [0, 0.05) is 11.6 Å². The van der Waals surface area contributed by atoms with E-state index in [0.717, 1.165) is 10.5 Å². The zero-order chi connectivity index (χ0) is 20.8. The number of hydrogen-bond donors (Lipinski definition) is 2. The van der Waals surface area contributed by atoms with E-state index in [2.05, 4.69) is 43.4 Å². The van der Waals surface area contributed by atoms with Crippen molar-refractivity contribution in [2.45, 2.75) is 39.3 Å². The van der Waals surface area contributed by atoms with E-state index < -0.39 is 4.92 Å². The summed E-state index contributed by atoms with van der Waals surface area (Å²) in [7, 11) is 3.38. The standard InChI is InChI=1S/C21H27N3O4/c1-14(2)17-8-6-16(7-9-17)13-23(4)15(3)21(25)22-19-11-10-18(24(26)27)12-20(19)28-5/h6-12,14-15H,13H2,1-5H3,(H,22,25)/p+1/t15-/m1/s1. The minimum absolute atomic E-state index is 0.0875. The Labute approximate surface area is 165 Å². The number of carbonyl (C=O) groups is 1. The van der Waals surface area contributed by atoms with Crippen molar-refractivity contribution in [3.8, 4) is 5.75 Å². The van der Waals surface area contributed by atoms with Gasteiger partial charge in [-0.15, -0.1) is 0 Å². The Bertz CT molecular complexity index is 834. The normalized spacial score (nSPS) is 13.1. The SMILES string of the molecule is COc1cc([N+](=O)[O-])ccc1NC(=O)[C@@H](C)[NH+](C)Cc1ccc(C(C)C)cc1. The van der Waals surface area contributed by atoms with E-state index in [1.807, 2.05) is 14.0 Å². The van der Waals surface area contributed by atoms with Crippen molar-refractivity contribution in [3.05, 3.63) is 63.7 Å². The van der Waals surface area contributed by atoms with Crippen LogP contribution in [0.2, 0.25) is 0 Å². The van der Waals surface area contributed by atoms with E-state index in [9.17, 15) is 14.9 Å². The molecule has 0 aliphatic heterocycles. The molecular formula is C21H28N3O4+. The number of nitro groups is 1. The topological polar surface area (TPSA) is 85.9 Å². The van der Waals surface area contributed by atoms with Crippen LogP contribution in [0.4, 0.5) is 11.4 Å². The third-order valence-electron chi connectivity index (χ3n) is 4.92. The summed E-state index contributed by atoms with van der Waals surface area (Å²) in [5, 5.41) is 13.7. The van der Waals surface area contributed by atoms with Gasteiger partial charge < -0.3 is 15.0 Å². The van der Waals surface area contributed by atoms with Gasteiger partial charge in [0.15, 0.2) is 6.04 Å². The van der Waals surface area contributed by atoms with Crippen LogP contribution < -0.4 is 15.0 Å². The van der Waals surface area contributed by atoms with Crippen molar-refractivity contribution >= 4 is 17.3 Å². The van der Waals surface area contributed by atoms with Gasteiger partial charge in [0.2, 0.25) is 0 Å². The predicted molar refractivity (Wildman–Crippen MR) is 109 cm³/mol. The Morgan fingerprint density at radius 3 is 2.36 bits per heavy atom.